The first-order valence-electron chi connectivity index (χ1n) is 37.1. The molecule has 608 valence electrons. The Hall–Kier alpha value is -11.8. The Morgan fingerprint density at radius 3 is 1.32 bits per heavy atom. The number of β-amino-alcohol motifs (C(OH)–C–C–N with tert-alkyl or cyclic N) is 2. The maximum Gasteiger partial charge on any atom is 0.349 e. The topological polar surface area (TPSA) is 528 Å². The Morgan fingerprint density at radius 1 is 0.518 bits per heavy atom. The van der Waals surface area contributed by atoms with Crippen molar-refractivity contribution in [1.29, 1.82) is 0 Å². The molecular weight excluding hydrogens is 1470 g/mol. The van der Waals surface area contributed by atoms with Gasteiger partial charge in [0.15, 0.2) is 45.4 Å². The first kappa shape index (κ1) is 86.2. The Kier molecular flexibility index (Phi) is 28.5. The number of hydrogen-bond donors (Lipinski definition) is 15. The van der Waals surface area contributed by atoms with E-state index in [1.165, 1.54) is 4.90 Å². The summed E-state index contributed by atoms with van der Waals surface area (Å²) in [5, 5.41) is 90.3. The first-order chi connectivity index (χ1) is 54.0. The molecule has 0 bridgehead atoms. The van der Waals surface area contributed by atoms with Gasteiger partial charge >= 0.3 is 11.4 Å². The van der Waals surface area contributed by atoms with E-state index in [4.69, 9.17) is 21.1 Å². The summed E-state index contributed by atoms with van der Waals surface area (Å²) in [4.78, 5) is 135. The van der Waals surface area contributed by atoms with Gasteiger partial charge in [-0.15, -0.1) is 0 Å². The first-order valence-corrected chi connectivity index (χ1v) is 37.1. The van der Waals surface area contributed by atoms with Crippen LogP contribution in [0.3, 0.4) is 0 Å². The van der Waals surface area contributed by atoms with E-state index in [2.05, 4.69) is 84.9 Å². The minimum atomic E-state index is -1.61. The van der Waals surface area contributed by atoms with Crippen molar-refractivity contribution in [2.24, 2.45) is 9.98 Å². The van der Waals surface area contributed by atoms with E-state index in [-0.39, 0.29) is 69.3 Å². The van der Waals surface area contributed by atoms with Gasteiger partial charge in [-0.05, 0) is 131 Å². The lowest BCUT2D eigenvalue weighted by Gasteiger charge is -2.32. The molecule has 36 nitrogen and oxygen atoms in total. The fourth-order valence-corrected chi connectivity index (χ4v) is 13.4. The highest BCUT2D eigenvalue weighted by Gasteiger charge is 2.34. The molecule has 0 amide bonds. The number of fused-ring (bicyclic) bond motifs is 8. The molecule has 0 spiro atoms. The van der Waals surface area contributed by atoms with Gasteiger partial charge < -0.3 is 101 Å². The molecule has 6 aliphatic heterocycles. The number of nitrogens with two attached hydrogens (primary N) is 1. The average molecular weight is 1570 g/mol. The summed E-state index contributed by atoms with van der Waals surface area (Å²) < 4.78 is 3.86. The van der Waals surface area contributed by atoms with Crippen LogP contribution in [0.4, 0.5) is 57.1 Å². The van der Waals surface area contributed by atoms with Gasteiger partial charge in [0.1, 0.15) is 53.4 Å². The van der Waals surface area contributed by atoms with E-state index in [0.717, 1.165) is 108 Å². The van der Waals surface area contributed by atoms with E-state index < -0.39 is 83.5 Å². The number of ketones is 1. The van der Waals surface area contributed by atoms with E-state index in [9.17, 15) is 64.2 Å². The summed E-state index contributed by atoms with van der Waals surface area (Å²) in [6.45, 7) is 19.5. The third kappa shape index (κ3) is 20.2. The third-order valence-corrected chi connectivity index (χ3v) is 19.4. The third-order valence-electron chi connectivity index (χ3n) is 19.4. The van der Waals surface area contributed by atoms with Gasteiger partial charge in [-0.1, -0.05) is 51.8 Å². The zero-order valence-electron chi connectivity index (χ0n) is 65.4. The molecule has 0 radical (unpaired) electrons. The number of rotatable bonds is 28. The Bertz CT molecular complexity index is 5760. The number of hydrogen-bond acceptors (Lipinski definition) is 30. The van der Waals surface area contributed by atoms with E-state index in [1.807, 2.05) is 92.2 Å². The maximum atomic E-state index is 12.4. The van der Waals surface area contributed by atoms with Crippen molar-refractivity contribution in [2.45, 2.75) is 155 Å². The summed E-state index contributed by atoms with van der Waals surface area (Å²) in [5.74, 6) is 1.39. The van der Waals surface area contributed by atoms with Gasteiger partial charge in [-0.2, -0.15) is 9.97 Å². The Morgan fingerprint density at radius 2 is 0.921 bits per heavy atom. The predicted octanol–water partition coefficient (Wildman–Crippen LogP) is 1.43. The molecule has 6 atom stereocenters. The van der Waals surface area contributed by atoms with Crippen LogP contribution in [0, 0.1) is 27.7 Å². The Labute approximate surface area is 652 Å². The fourth-order valence-electron chi connectivity index (χ4n) is 13.4. The van der Waals surface area contributed by atoms with Crippen LogP contribution in [0.5, 0.6) is 0 Å². The van der Waals surface area contributed by atoms with Crippen LogP contribution in [-0.4, -0.2) is 209 Å². The SMILES string of the molecule is C=C(O)CCCCCCCn1c2nc(=O)[nH]c(=O)c-2nc2cc(C)c(N(C)C)cc21.C=c1nc2c(c(=O)[nH]1)=Nc1cc(C)c(N)cc1N2C[C@H](O)[C@H](O)[C@H](O)CO.C=c1nc2c(c(=O)[nH]1)=Nc1cc(C)c(NC)cc1N2C[C@H](O)[C@H](O)[C@H](O)CO.CC(=O)CCCCCCn1c2nc(=O)[nH]c(=O)c-2nc2cc(C)c(N(C)C)cc21. The fraction of sp³-hybridized carbons (Fsp3) is 0.423. The van der Waals surface area contributed by atoms with E-state index >= 15 is 0 Å². The molecule has 36 heteroatoms. The number of nitrogen functional groups attached to an aromatic ring is 1. The highest BCUT2D eigenvalue weighted by Crippen LogP contribution is 2.41. The number of aryl methyl sites for hydroxylation is 6. The van der Waals surface area contributed by atoms with Crippen molar-refractivity contribution in [3.8, 4) is 23.0 Å². The van der Waals surface area contributed by atoms with Crippen molar-refractivity contribution in [2.75, 3.05) is 92.2 Å². The molecule has 4 aromatic carbocycles. The number of nitrogens with zero attached hydrogens (tertiary/aromatic N) is 14. The quantitative estimate of drug-likeness (QED) is 0.0143. The number of aromatic nitrogens is 12. The molecule has 0 saturated carbocycles. The number of H-pyrrole nitrogens is 4. The van der Waals surface area contributed by atoms with Gasteiger partial charge in [0, 0.05) is 83.9 Å². The van der Waals surface area contributed by atoms with Gasteiger partial charge in [0.25, 0.3) is 22.2 Å². The van der Waals surface area contributed by atoms with Crippen LogP contribution in [0.25, 0.3) is 58.3 Å². The van der Waals surface area contributed by atoms with Crippen molar-refractivity contribution < 1.29 is 50.8 Å². The number of allylic oxidation sites excluding steroid dienone is 1. The Balaban J connectivity index is 0.000000174. The van der Waals surface area contributed by atoms with Gasteiger partial charge in [0.2, 0.25) is 0 Å². The molecule has 6 aliphatic rings. The number of benzene rings is 4. The minimum absolute atomic E-state index is 0.0310. The smallest absolute Gasteiger partial charge is 0.349 e. The standard InChI is InChI=1S/C22H29N5O3.C21H27N5O3.C18H23N5O5.C17H21N5O5/c1-14-12-16-18(13-17(14)26(3)4)27(11-9-7-5-6-8-10-15(2)28)20-19(23-16)21(29)25-22(30)24-20;1-13-11-15-17(12-16(13)25(3)4)26(10-8-6-5-7-9-14(2)27)19-18(22-15)20(28)24-21(29)23-19;1-8-4-11-12(5-10(8)19-3)23(6-13(25)16(27)14(26)7-24)17-15(22-11)18(28)21-9(2)20-17;1-7-3-10-11(4-9(7)18)22(5-12(24)15(26)13(25)6-23)16-14(21-10)17(27)20-8(2)19-16/h12-13,28H,2,5-11H2,1,3-4H3,(H,25,29,30);11-12H,5-10H2,1-4H3,(H,24,28,29);4-5,13-14,16,19,24-27H,2,6-7H2,1,3H3,(H,21,28);3-4,12-13,15,23-26H,2,5-6,18H2,1H3,(H,20,27)/t;;13-,14+,16-;12-,13+,15-/m..00/s1. The van der Waals surface area contributed by atoms with Crippen molar-refractivity contribution in [1.82, 2.24) is 59.0 Å². The lowest BCUT2D eigenvalue weighted by molar-refractivity contribution is -0.117. The van der Waals surface area contributed by atoms with E-state index in [0.29, 0.717) is 77.1 Å². The summed E-state index contributed by atoms with van der Waals surface area (Å²) in [6, 6.07) is 14.9. The molecule has 0 saturated heterocycles. The van der Waals surface area contributed by atoms with Crippen molar-refractivity contribution in [3.05, 3.63) is 167 Å². The monoisotopic (exact) mass is 1570 g/mol. The lowest BCUT2D eigenvalue weighted by Crippen LogP contribution is -2.48. The lowest BCUT2D eigenvalue weighted by atomic mass is 10.1. The molecule has 0 fully saturated rings. The average Bonchev–Trinajstić information content (AvgIpc) is 0.770. The molecule has 8 heterocycles. The van der Waals surface area contributed by atoms with Gasteiger partial charge in [-0.3, -0.25) is 29.1 Å². The second kappa shape index (κ2) is 37.7. The van der Waals surface area contributed by atoms with Crippen molar-refractivity contribution >= 4 is 98.1 Å². The van der Waals surface area contributed by atoms with Crippen LogP contribution >= 0.6 is 0 Å². The number of aliphatic hydroxyl groups is 9. The number of nitrogens with one attached hydrogen (secondary N) is 5. The molecule has 12 rings (SSSR count). The second-order valence-electron chi connectivity index (χ2n) is 28.6. The van der Waals surface area contributed by atoms with Crippen LogP contribution in [0.1, 0.15) is 99.8 Å². The van der Waals surface area contributed by atoms with Crippen molar-refractivity contribution in [3.63, 3.8) is 0 Å². The molecule has 0 unspecified atom stereocenters. The normalized spacial score (nSPS) is 13.6. The summed E-state index contributed by atoms with van der Waals surface area (Å²) >= 11 is 0. The van der Waals surface area contributed by atoms with Crippen LogP contribution < -0.4 is 85.9 Å². The number of aliphatic hydroxyl groups excluding tert-OH is 9. The van der Waals surface area contributed by atoms with E-state index in [1.54, 1.807) is 50.1 Å². The second-order valence-corrected chi connectivity index (χ2v) is 28.6. The number of anilines is 8. The number of Topliss-reactive ketones (excluding diaryl/α,β-unsaturated/α-hetero) is 1. The highest BCUT2D eigenvalue weighted by molar-refractivity contribution is 5.87. The summed E-state index contributed by atoms with van der Waals surface area (Å²) in [5.41, 5.74) is 15.5. The molecule has 6 aromatic rings. The van der Waals surface area contributed by atoms with Crippen LogP contribution in [0.2, 0.25) is 0 Å². The maximum absolute atomic E-state index is 12.4. The molecule has 114 heavy (non-hydrogen) atoms. The number of carbonyl (C=O) groups is 1. The van der Waals surface area contributed by atoms with Crippen LogP contribution in [-0.2, 0) is 17.9 Å². The zero-order valence-corrected chi connectivity index (χ0v) is 65.4. The molecular formula is C78H100N20O16. The molecule has 16 N–H and O–H groups in total. The number of unbranched alkanes of at least 4 members (excludes halogenated alkanes) is 7. The highest BCUT2D eigenvalue weighted by atomic mass is 16.4. The zero-order chi connectivity index (χ0) is 83.4. The van der Waals surface area contributed by atoms with Gasteiger partial charge in [0.05, 0.1) is 76.9 Å². The molecule has 0 aliphatic carbocycles. The van der Waals surface area contributed by atoms with Crippen LogP contribution in [0.15, 0.2) is 99.6 Å². The summed E-state index contributed by atoms with van der Waals surface area (Å²) in [6.07, 6.45) is 0.631. The predicted molar refractivity (Wildman–Crippen MR) is 436 cm³/mol. The van der Waals surface area contributed by atoms with Gasteiger partial charge in [-0.25, -0.2) is 39.5 Å². The minimum Gasteiger partial charge on any atom is -0.513 e. The largest absolute Gasteiger partial charge is 0.513 e. The number of carbonyl (C=O) groups excluding carboxylic acids is 1. The summed E-state index contributed by atoms with van der Waals surface area (Å²) in [7, 11) is 9.67. The number of aromatic amines is 4. The molecule has 2 aromatic heterocycles.